The van der Waals surface area contributed by atoms with Gasteiger partial charge in [0.25, 0.3) is 0 Å². The lowest BCUT2D eigenvalue weighted by Crippen LogP contribution is -2.31. The molecule has 0 saturated carbocycles. The van der Waals surface area contributed by atoms with Gasteiger partial charge in [0.15, 0.2) is 5.65 Å². The van der Waals surface area contributed by atoms with Gasteiger partial charge in [-0.15, -0.1) is 0 Å². The Balaban J connectivity index is 1.89. The highest BCUT2D eigenvalue weighted by atomic mass is 35.5. The number of hydrogen-bond acceptors (Lipinski definition) is 3. The third-order valence-electron chi connectivity index (χ3n) is 4.73. The molecule has 4 rings (SSSR count). The van der Waals surface area contributed by atoms with Crippen LogP contribution in [0.15, 0.2) is 30.3 Å². The maximum Gasteiger partial charge on any atom is 0.161 e. The number of hydrogen-bond donors (Lipinski definition) is 0. The minimum Gasteiger partial charge on any atom is -0.356 e. The van der Waals surface area contributed by atoms with E-state index in [4.69, 9.17) is 21.7 Å². The second-order valence-corrected chi connectivity index (χ2v) is 6.96. The van der Waals surface area contributed by atoms with Gasteiger partial charge >= 0.3 is 0 Å². The van der Waals surface area contributed by atoms with E-state index in [1.807, 2.05) is 28.8 Å². The smallest absolute Gasteiger partial charge is 0.161 e. The summed E-state index contributed by atoms with van der Waals surface area (Å²) < 4.78 is 2.01. The molecule has 3 aromatic rings. The average molecular weight is 341 g/mol. The third kappa shape index (κ3) is 2.65. The van der Waals surface area contributed by atoms with Crippen molar-refractivity contribution in [2.75, 3.05) is 18.0 Å². The number of halogens is 1. The molecule has 5 heteroatoms. The number of benzene rings is 1. The van der Waals surface area contributed by atoms with Crippen LogP contribution in [0.3, 0.4) is 0 Å². The molecule has 1 aromatic carbocycles. The van der Waals surface area contributed by atoms with Crippen LogP contribution in [-0.2, 0) is 0 Å². The third-order valence-corrected chi connectivity index (χ3v) is 4.98. The molecule has 0 N–H and O–H groups in total. The van der Waals surface area contributed by atoms with Gasteiger partial charge in [-0.05, 0) is 45.2 Å². The molecule has 3 heterocycles. The fourth-order valence-corrected chi connectivity index (χ4v) is 3.58. The monoisotopic (exact) mass is 340 g/mol. The largest absolute Gasteiger partial charge is 0.356 e. The van der Waals surface area contributed by atoms with Crippen LogP contribution in [0.4, 0.5) is 5.82 Å². The summed E-state index contributed by atoms with van der Waals surface area (Å²) in [5.74, 6) is 1.15. The zero-order valence-electron chi connectivity index (χ0n) is 14.1. The van der Waals surface area contributed by atoms with Crippen molar-refractivity contribution in [3.63, 3.8) is 0 Å². The van der Waals surface area contributed by atoms with Gasteiger partial charge in [0.05, 0.1) is 5.69 Å². The molecule has 1 saturated heterocycles. The number of aryl methyl sites for hydroxylation is 2. The van der Waals surface area contributed by atoms with Gasteiger partial charge in [-0.2, -0.15) is 9.61 Å². The first kappa shape index (κ1) is 15.5. The van der Waals surface area contributed by atoms with Crippen LogP contribution in [-0.4, -0.2) is 27.7 Å². The summed E-state index contributed by atoms with van der Waals surface area (Å²) in [7, 11) is 0. The van der Waals surface area contributed by atoms with E-state index in [0.717, 1.165) is 52.1 Å². The highest BCUT2D eigenvalue weighted by Gasteiger charge is 2.19. The first-order chi connectivity index (χ1) is 11.6. The van der Waals surface area contributed by atoms with E-state index in [-0.39, 0.29) is 0 Å². The molecular formula is C19H21ClN4. The van der Waals surface area contributed by atoms with Crippen molar-refractivity contribution in [3.8, 4) is 11.3 Å². The summed E-state index contributed by atoms with van der Waals surface area (Å²) >= 11 is 6.02. The van der Waals surface area contributed by atoms with Crippen molar-refractivity contribution in [2.45, 2.75) is 33.1 Å². The summed E-state index contributed by atoms with van der Waals surface area (Å²) in [5, 5.41) is 5.64. The lowest BCUT2D eigenvalue weighted by Gasteiger charge is -2.29. The van der Waals surface area contributed by atoms with E-state index in [0.29, 0.717) is 0 Å². The van der Waals surface area contributed by atoms with Crippen molar-refractivity contribution in [2.24, 2.45) is 0 Å². The van der Waals surface area contributed by atoms with E-state index in [1.165, 1.54) is 19.3 Å². The summed E-state index contributed by atoms with van der Waals surface area (Å²) in [6.45, 7) is 6.34. The van der Waals surface area contributed by atoms with E-state index < -0.39 is 0 Å². The number of piperidine rings is 1. The Hall–Kier alpha value is -2.07. The molecule has 1 fully saturated rings. The SMILES string of the molecule is Cc1cc(N2CCCCC2)n2nc(-c3ccc(Cl)cc3)c(C)c2n1. The van der Waals surface area contributed by atoms with Crippen molar-refractivity contribution < 1.29 is 0 Å². The van der Waals surface area contributed by atoms with Crippen LogP contribution in [0.25, 0.3) is 16.9 Å². The maximum atomic E-state index is 6.02. The molecule has 0 unspecified atom stereocenters. The second kappa shape index (κ2) is 6.10. The van der Waals surface area contributed by atoms with E-state index in [1.54, 1.807) is 0 Å². The van der Waals surface area contributed by atoms with Crippen molar-refractivity contribution >= 4 is 23.1 Å². The van der Waals surface area contributed by atoms with Crippen molar-refractivity contribution in [1.29, 1.82) is 0 Å². The predicted molar refractivity (Wildman–Crippen MR) is 99.0 cm³/mol. The molecule has 0 amide bonds. The first-order valence-electron chi connectivity index (χ1n) is 8.51. The predicted octanol–water partition coefficient (Wildman–Crippen LogP) is 4.66. The number of rotatable bonds is 2. The summed E-state index contributed by atoms with van der Waals surface area (Å²) in [6.07, 6.45) is 3.80. The summed E-state index contributed by atoms with van der Waals surface area (Å²) in [4.78, 5) is 7.18. The van der Waals surface area contributed by atoms with Gasteiger partial charge in [0.2, 0.25) is 0 Å². The lowest BCUT2D eigenvalue weighted by atomic mass is 10.1. The zero-order chi connectivity index (χ0) is 16.7. The Morgan fingerprint density at radius 1 is 1.00 bits per heavy atom. The molecule has 0 radical (unpaired) electrons. The highest BCUT2D eigenvalue weighted by molar-refractivity contribution is 6.30. The standard InChI is InChI=1S/C19H21ClN4/c1-13-12-17(23-10-4-3-5-11-23)24-19(21-13)14(2)18(22-24)15-6-8-16(20)9-7-15/h6-9,12H,3-5,10-11H2,1-2H3. The molecule has 24 heavy (non-hydrogen) atoms. The fourth-order valence-electron chi connectivity index (χ4n) is 3.46. The van der Waals surface area contributed by atoms with Crippen LogP contribution in [0.2, 0.25) is 5.02 Å². The Kier molecular flexibility index (Phi) is 3.93. The Bertz CT molecular complexity index is 877. The van der Waals surface area contributed by atoms with E-state index in [9.17, 15) is 0 Å². The molecule has 0 bridgehead atoms. The van der Waals surface area contributed by atoms with Crippen LogP contribution < -0.4 is 4.90 Å². The number of fused-ring (bicyclic) bond motifs is 1. The van der Waals surface area contributed by atoms with Crippen LogP contribution >= 0.6 is 11.6 Å². The molecule has 0 atom stereocenters. The van der Waals surface area contributed by atoms with Gasteiger partial charge in [-0.25, -0.2) is 4.98 Å². The Morgan fingerprint density at radius 2 is 1.71 bits per heavy atom. The molecule has 4 nitrogen and oxygen atoms in total. The number of aromatic nitrogens is 3. The van der Waals surface area contributed by atoms with Crippen LogP contribution in [0.5, 0.6) is 0 Å². The van der Waals surface area contributed by atoms with Gasteiger partial charge in [0.1, 0.15) is 5.82 Å². The molecule has 124 valence electrons. The van der Waals surface area contributed by atoms with Crippen LogP contribution in [0, 0.1) is 13.8 Å². The second-order valence-electron chi connectivity index (χ2n) is 6.52. The van der Waals surface area contributed by atoms with Gasteiger partial charge in [0, 0.05) is 41.0 Å². The normalized spacial score (nSPS) is 15.2. The minimum atomic E-state index is 0.739. The number of anilines is 1. The summed E-state index contributed by atoms with van der Waals surface area (Å²) in [5.41, 5.74) is 5.14. The van der Waals surface area contributed by atoms with Gasteiger partial charge < -0.3 is 4.90 Å². The summed E-state index contributed by atoms with van der Waals surface area (Å²) in [6, 6.07) is 10.0. The van der Waals surface area contributed by atoms with Gasteiger partial charge in [-0.3, -0.25) is 0 Å². The number of nitrogens with zero attached hydrogens (tertiary/aromatic N) is 4. The molecule has 0 spiro atoms. The molecular weight excluding hydrogens is 320 g/mol. The van der Waals surface area contributed by atoms with E-state index >= 15 is 0 Å². The lowest BCUT2D eigenvalue weighted by molar-refractivity contribution is 0.568. The quantitative estimate of drug-likeness (QED) is 0.680. The molecule has 1 aliphatic rings. The first-order valence-corrected chi connectivity index (χ1v) is 8.89. The minimum absolute atomic E-state index is 0.739. The highest BCUT2D eigenvalue weighted by Crippen LogP contribution is 2.29. The van der Waals surface area contributed by atoms with Crippen molar-refractivity contribution in [3.05, 3.63) is 46.6 Å². The zero-order valence-corrected chi connectivity index (χ0v) is 14.8. The van der Waals surface area contributed by atoms with Crippen molar-refractivity contribution in [1.82, 2.24) is 14.6 Å². The average Bonchev–Trinajstić information content (AvgIpc) is 2.93. The van der Waals surface area contributed by atoms with Crippen LogP contribution in [0.1, 0.15) is 30.5 Å². The molecule has 1 aliphatic heterocycles. The fraction of sp³-hybridized carbons (Fsp3) is 0.368. The topological polar surface area (TPSA) is 33.4 Å². The maximum absolute atomic E-state index is 6.02. The van der Waals surface area contributed by atoms with Gasteiger partial charge in [-0.1, -0.05) is 23.7 Å². The molecule has 2 aromatic heterocycles. The Labute approximate surface area is 147 Å². The van der Waals surface area contributed by atoms with E-state index in [2.05, 4.69) is 24.8 Å². The molecule has 0 aliphatic carbocycles. The Morgan fingerprint density at radius 3 is 2.42 bits per heavy atom.